The van der Waals surface area contributed by atoms with Crippen molar-refractivity contribution in [2.45, 2.75) is 11.8 Å². The number of aromatic nitrogens is 1. The molecule has 1 heterocycles. The molecule has 21 heavy (non-hydrogen) atoms. The average molecular weight is 320 g/mol. The van der Waals surface area contributed by atoms with Crippen LogP contribution in [0.15, 0.2) is 53.4 Å². The Kier molecular flexibility index (Phi) is 3.43. The van der Waals surface area contributed by atoms with Gasteiger partial charge in [-0.3, -0.25) is 0 Å². The highest BCUT2D eigenvalue weighted by Crippen LogP contribution is 2.27. The van der Waals surface area contributed by atoms with Crippen molar-refractivity contribution in [1.82, 2.24) is 0 Å². The molecule has 2 aromatic carbocycles. The van der Waals surface area contributed by atoms with Gasteiger partial charge >= 0.3 is 15.3 Å². The minimum Gasteiger partial charge on any atom is -0.310 e. The number of thiazole rings is 1. The van der Waals surface area contributed by atoms with Crippen LogP contribution in [0.3, 0.4) is 0 Å². The zero-order valence-corrected chi connectivity index (χ0v) is 13.2. The Morgan fingerprint density at radius 1 is 1.05 bits per heavy atom. The summed E-state index contributed by atoms with van der Waals surface area (Å²) >= 11 is 1.31. The predicted octanol–water partition coefficient (Wildman–Crippen LogP) is 2.80. The zero-order chi connectivity index (χ0) is 15.0. The number of hydrogen-bond acceptors (Lipinski definition) is 4. The maximum atomic E-state index is 12.3. The van der Waals surface area contributed by atoms with E-state index in [0.717, 1.165) is 15.8 Å². The second kappa shape index (κ2) is 5.13. The average Bonchev–Trinajstić information content (AvgIpc) is 2.76. The van der Waals surface area contributed by atoms with Crippen LogP contribution >= 0.6 is 11.3 Å². The molecule has 0 atom stereocenters. The Labute approximate surface area is 127 Å². The number of aryl methyl sites for hydroxylation is 2. The van der Waals surface area contributed by atoms with E-state index >= 15 is 0 Å². The maximum Gasteiger partial charge on any atom is 0.447 e. The Balaban J connectivity index is 2.01. The fraction of sp³-hybridized carbons (Fsp3) is 0.133. The van der Waals surface area contributed by atoms with Crippen molar-refractivity contribution < 1.29 is 17.2 Å². The van der Waals surface area contributed by atoms with Crippen molar-refractivity contribution in [1.29, 1.82) is 0 Å². The van der Waals surface area contributed by atoms with Gasteiger partial charge in [0.05, 0.1) is 0 Å². The molecule has 0 N–H and O–H groups in total. The third-order valence-corrected chi connectivity index (χ3v) is 5.62. The summed E-state index contributed by atoms with van der Waals surface area (Å²) in [4.78, 5) is 0.158. The van der Waals surface area contributed by atoms with E-state index in [1.807, 2.05) is 31.2 Å². The molecular formula is C15H14NO3S2+. The van der Waals surface area contributed by atoms with Crippen LogP contribution in [-0.4, -0.2) is 8.42 Å². The number of hydrogen-bond donors (Lipinski definition) is 0. The molecule has 6 heteroatoms. The van der Waals surface area contributed by atoms with E-state index in [4.69, 9.17) is 4.18 Å². The first-order valence-corrected chi connectivity index (χ1v) is 8.58. The lowest BCUT2D eigenvalue weighted by molar-refractivity contribution is -0.643. The summed E-state index contributed by atoms with van der Waals surface area (Å²) < 4.78 is 32.6. The molecule has 0 unspecified atom stereocenters. The topological polar surface area (TPSA) is 47.3 Å². The van der Waals surface area contributed by atoms with Gasteiger partial charge in [-0.05, 0) is 36.5 Å². The van der Waals surface area contributed by atoms with E-state index < -0.39 is 10.1 Å². The molecule has 108 valence electrons. The van der Waals surface area contributed by atoms with Crippen molar-refractivity contribution in [3.8, 4) is 5.19 Å². The molecule has 3 aromatic rings. The van der Waals surface area contributed by atoms with Gasteiger partial charge in [0, 0.05) is 6.07 Å². The first-order chi connectivity index (χ1) is 9.97. The van der Waals surface area contributed by atoms with Crippen LogP contribution in [-0.2, 0) is 17.2 Å². The maximum absolute atomic E-state index is 12.3. The standard InChI is InChI=1S/C15H14NO3S2/c1-11-7-9-12(10-8-11)21(17,18)19-15-16(2)13-5-3-4-6-14(13)20-15/h3-10H,1-2H3/q+1. The number of nitrogens with zero attached hydrogens (tertiary/aromatic N) is 1. The lowest BCUT2D eigenvalue weighted by Gasteiger charge is -2.02. The van der Waals surface area contributed by atoms with Crippen molar-refractivity contribution in [2.24, 2.45) is 7.05 Å². The van der Waals surface area contributed by atoms with Crippen LogP contribution in [0.1, 0.15) is 5.56 Å². The Hall–Kier alpha value is -1.92. The van der Waals surface area contributed by atoms with E-state index in [2.05, 4.69) is 0 Å². The normalized spacial score (nSPS) is 11.7. The lowest BCUT2D eigenvalue weighted by Crippen LogP contribution is -2.29. The van der Waals surface area contributed by atoms with Crippen molar-refractivity contribution in [3.63, 3.8) is 0 Å². The SMILES string of the molecule is Cc1ccc(S(=O)(=O)Oc2sc3ccccc3[n+]2C)cc1. The number of benzene rings is 2. The second-order valence-corrected chi connectivity index (χ2v) is 7.28. The summed E-state index contributed by atoms with van der Waals surface area (Å²) in [7, 11) is -2.02. The van der Waals surface area contributed by atoms with Crippen LogP contribution in [0.4, 0.5) is 0 Å². The highest BCUT2D eigenvalue weighted by molar-refractivity contribution is 7.87. The van der Waals surface area contributed by atoms with Gasteiger partial charge < -0.3 is 4.18 Å². The first-order valence-electron chi connectivity index (χ1n) is 6.36. The van der Waals surface area contributed by atoms with Gasteiger partial charge in [0.2, 0.25) is 5.52 Å². The fourth-order valence-electron chi connectivity index (χ4n) is 2.00. The summed E-state index contributed by atoms with van der Waals surface area (Å²) in [5.41, 5.74) is 1.94. The monoisotopic (exact) mass is 320 g/mol. The van der Waals surface area contributed by atoms with Crippen molar-refractivity contribution in [2.75, 3.05) is 0 Å². The third-order valence-electron chi connectivity index (χ3n) is 3.19. The van der Waals surface area contributed by atoms with E-state index in [1.165, 1.54) is 11.3 Å². The summed E-state index contributed by atoms with van der Waals surface area (Å²) in [6.45, 7) is 1.91. The van der Waals surface area contributed by atoms with Crippen LogP contribution in [0.25, 0.3) is 10.2 Å². The van der Waals surface area contributed by atoms with Gasteiger partial charge in [0.25, 0.3) is 0 Å². The molecule has 0 spiro atoms. The second-order valence-electron chi connectivity index (χ2n) is 4.75. The molecule has 0 aliphatic carbocycles. The fourth-order valence-corrected chi connectivity index (χ4v) is 4.15. The molecule has 4 nitrogen and oxygen atoms in total. The lowest BCUT2D eigenvalue weighted by atomic mass is 10.2. The van der Waals surface area contributed by atoms with Crippen LogP contribution in [0.2, 0.25) is 0 Å². The summed E-state index contributed by atoms with van der Waals surface area (Å²) in [6.07, 6.45) is 0. The molecule has 0 bridgehead atoms. The molecule has 0 saturated carbocycles. The molecule has 0 aliphatic rings. The van der Waals surface area contributed by atoms with Gasteiger partial charge in [-0.25, -0.2) is 0 Å². The summed E-state index contributed by atoms with van der Waals surface area (Å²) in [5, 5.41) is 0.344. The molecule has 0 aliphatic heterocycles. The minimum absolute atomic E-state index is 0.158. The van der Waals surface area contributed by atoms with Crippen LogP contribution in [0, 0.1) is 6.92 Å². The molecule has 0 amide bonds. The minimum atomic E-state index is -3.81. The van der Waals surface area contributed by atoms with Crippen molar-refractivity contribution in [3.05, 3.63) is 54.1 Å². The van der Waals surface area contributed by atoms with Gasteiger partial charge in [-0.1, -0.05) is 29.8 Å². The summed E-state index contributed by atoms with van der Waals surface area (Å²) in [5.74, 6) is 0. The zero-order valence-electron chi connectivity index (χ0n) is 11.6. The molecular weight excluding hydrogens is 306 g/mol. The molecule has 0 fully saturated rings. The van der Waals surface area contributed by atoms with E-state index in [0.29, 0.717) is 5.19 Å². The molecule has 3 rings (SSSR count). The molecule has 0 saturated heterocycles. The highest BCUT2D eigenvalue weighted by Gasteiger charge is 2.25. The van der Waals surface area contributed by atoms with Crippen molar-refractivity contribution >= 4 is 31.7 Å². The Morgan fingerprint density at radius 2 is 1.71 bits per heavy atom. The first kappa shape index (κ1) is 14.0. The Morgan fingerprint density at radius 3 is 2.38 bits per heavy atom. The summed E-state index contributed by atoms with van der Waals surface area (Å²) in [6, 6.07) is 14.3. The quantitative estimate of drug-likeness (QED) is 0.551. The van der Waals surface area contributed by atoms with E-state index in [-0.39, 0.29) is 4.90 Å². The van der Waals surface area contributed by atoms with Gasteiger partial charge in [0.15, 0.2) is 0 Å². The third kappa shape index (κ3) is 2.64. The number of fused-ring (bicyclic) bond motifs is 1. The van der Waals surface area contributed by atoms with Crippen LogP contribution < -0.4 is 8.75 Å². The Bertz CT molecular complexity index is 896. The molecule has 1 aromatic heterocycles. The van der Waals surface area contributed by atoms with E-state index in [1.54, 1.807) is 35.9 Å². The van der Waals surface area contributed by atoms with Gasteiger partial charge in [-0.15, -0.1) is 0 Å². The molecule has 0 radical (unpaired) electrons. The highest BCUT2D eigenvalue weighted by atomic mass is 32.2. The van der Waals surface area contributed by atoms with Gasteiger partial charge in [-0.2, -0.15) is 13.0 Å². The largest absolute Gasteiger partial charge is 0.447 e. The number of rotatable bonds is 3. The van der Waals surface area contributed by atoms with Gasteiger partial charge in [0.1, 0.15) is 16.6 Å². The predicted molar refractivity (Wildman–Crippen MR) is 82.0 cm³/mol. The number of para-hydroxylation sites is 1. The smallest absolute Gasteiger partial charge is 0.310 e. The van der Waals surface area contributed by atoms with E-state index in [9.17, 15) is 8.42 Å². The van der Waals surface area contributed by atoms with Crippen LogP contribution in [0.5, 0.6) is 5.19 Å².